The SMILES string of the molecule is CC1(C)CC(C(NN)c2cnccn2)C(C)(C)O1. The second kappa shape index (κ2) is 4.57. The summed E-state index contributed by atoms with van der Waals surface area (Å²) >= 11 is 0. The Hall–Kier alpha value is -1.04. The molecule has 0 amide bonds. The van der Waals surface area contributed by atoms with Crippen molar-refractivity contribution in [2.75, 3.05) is 0 Å². The number of nitrogens with one attached hydrogen (secondary N) is 1. The first-order valence-electron chi connectivity index (χ1n) is 6.28. The molecule has 0 saturated carbocycles. The Balaban J connectivity index is 2.29. The Bertz CT molecular complexity index is 405. The summed E-state index contributed by atoms with van der Waals surface area (Å²) in [7, 11) is 0. The zero-order valence-corrected chi connectivity index (χ0v) is 11.5. The summed E-state index contributed by atoms with van der Waals surface area (Å²) in [6.07, 6.45) is 6.04. The van der Waals surface area contributed by atoms with Gasteiger partial charge in [0.05, 0.1) is 29.1 Å². The summed E-state index contributed by atoms with van der Waals surface area (Å²) in [6, 6.07) is -0.0459. The van der Waals surface area contributed by atoms with E-state index in [9.17, 15) is 0 Å². The average Bonchev–Trinajstić information content (AvgIpc) is 2.50. The zero-order valence-electron chi connectivity index (χ0n) is 11.5. The predicted octanol–water partition coefficient (Wildman–Crippen LogP) is 1.57. The lowest BCUT2D eigenvalue weighted by Gasteiger charge is -2.32. The third-order valence-electron chi connectivity index (χ3n) is 3.63. The maximum atomic E-state index is 6.11. The van der Waals surface area contributed by atoms with Gasteiger partial charge in [-0.15, -0.1) is 0 Å². The fourth-order valence-electron chi connectivity index (χ4n) is 3.00. The molecule has 2 unspecified atom stereocenters. The third-order valence-corrected chi connectivity index (χ3v) is 3.63. The van der Waals surface area contributed by atoms with Gasteiger partial charge in [0.25, 0.3) is 0 Å². The molecule has 1 saturated heterocycles. The number of hydrogen-bond donors (Lipinski definition) is 2. The molecule has 0 radical (unpaired) electrons. The second-order valence-corrected chi connectivity index (χ2v) is 6.05. The van der Waals surface area contributed by atoms with E-state index in [0.29, 0.717) is 0 Å². The van der Waals surface area contributed by atoms with Crippen LogP contribution in [0.15, 0.2) is 18.6 Å². The van der Waals surface area contributed by atoms with Crippen LogP contribution < -0.4 is 11.3 Å². The number of hydrazine groups is 1. The summed E-state index contributed by atoms with van der Waals surface area (Å²) in [4.78, 5) is 8.46. The van der Waals surface area contributed by atoms with E-state index in [1.165, 1.54) is 0 Å². The second-order valence-electron chi connectivity index (χ2n) is 6.05. The van der Waals surface area contributed by atoms with Gasteiger partial charge in [-0.05, 0) is 34.1 Å². The minimum absolute atomic E-state index is 0.0459. The van der Waals surface area contributed by atoms with Gasteiger partial charge in [-0.25, -0.2) is 0 Å². The molecule has 18 heavy (non-hydrogen) atoms. The number of nitrogens with zero attached hydrogens (tertiary/aromatic N) is 2. The van der Waals surface area contributed by atoms with E-state index in [2.05, 4.69) is 43.1 Å². The maximum absolute atomic E-state index is 6.11. The Kier molecular flexibility index (Phi) is 3.40. The van der Waals surface area contributed by atoms with Crippen LogP contribution in [0.25, 0.3) is 0 Å². The number of ether oxygens (including phenoxy) is 1. The minimum atomic E-state index is -0.238. The van der Waals surface area contributed by atoms with Crippen molar-refractivity contribution in [1.29, 1.82) is 0 Å². The van der Waals surface area contributed by atoms with Crippen molar-refractivity contribution >= 4 is 0 Å². The standard InChI is InChI=1S/C13H22N4O/c1-12(2)7-9(13(3,4)18-12)11(17-14)10-8-15-5-6-16-10/h5-6,8-9,11,17H,7,14H2,1-4H3. The summed E-state index contributed by atoms with van der Waals surface area (Å²) in [5.74, 6) is 5.98. The molecule has 2 atom stereocenters. The van der Waals surface area contributed by atoms with Crippen molar-refractivity contribution in [3.8, 4) is 0 Å². The fraction of sp³-hybridized carbons (Fsp3) is 0.692. The Morgan fingerprint density at radius 1 is 1.39 bits per heavy atom. The van der Waals surface area contributed by atoms with Crippen LogP contribution in [0.5, 0.6) is 0 Å². The summed E-state index contributed by atoms with van der Waals surface area (Å²) < 4.78 is 6.11. The average molecular weight is 250 g/mol. The topological polar surface area (TPSA) is 73.1 Å². The molecule has 0 bridgehead atoms. The maximum Gasteiger partial charge on any atom is 0.0773 e. The highest BCUT2D eigenvalue weighted by Crippen LogP contribution is 2.46. The molecule has 0 aliphatic carbocycles. The van der Waals surface area contributed by atoms with Gasteiger partial charge in [-0.2, -0.15) is 0 Å². The van der Waals surface area contributed by atoms with Crippen LogP contribution in [0.2, 0.25) is 0 Å². The summed E-state index contributed by atoms with van der Waals surface area (Å²) in [5.41, 5.74) is 3.36. The van der Waals surface area contributed by atoms with E-state index in [4.69, 9.17) is 10.6 Å². The van der Waals surface area contributed by atoms with E-state index in [1.54, 1.807) is 18.6 Å². The van der Waals surface area contributed by atoms with Gasteiger partial charge in [0.2, 0.25) is 0 Å². The van der Waals surface area contributed by atoms with Gasteiger partial charge >= 0.3 is 0 Å². The van der Waals surface area contributed by atoms with Gasteiger partial charge in [0, 0.05) is 18.3 Å². The fourth-order valence-corrected chi connectivity index (χ4v) is 3.00. The molecule has 1 aliphatic heterocycles. The molecule has 2 heterocycles. The van der Waals surface area contributed by atoms with Gasteiger partial charge in [-0.1, -0.05) is 0 Å². The lowest BCUT2D eigenvalue weighted by molar-refractivity contribution is -0.0780. The lowest BCUT2D eigenvalue weighted by Crippen LogP contribution is -2.41. The molecule has 5 heteroatoms. The third kappa shape index (κ3) is 2.53. The molecular weight excluding hydrogens is 228 g/mol. The van der Waals surface area contributed by atoms with Crippen LogP contribution in [0.1, 0.15) is 45.9 Å². The van der Waals surface area contributed by atoms with Crippen LogP contribution >= 0.6 is 0 Å². The molecule has 1 aromatic rings. The predicted molar refractivity (Wildman–Crippen MR) is 69.4 cm³/mol. The molecule has 1 aliphatic rings. The van der Waals surface area contributed by atoms with Crippen LogP contribution in [-0.2, 0) is 4.74 Å². The first-order valence-corrected chi connectivity index (χ1v) is 6.28. The van der Waals surface area contributed by atoms with Crippen molar-refractivity contribution in [2.24, 2.45) is 11.8 Å². The van der Waals surface area contributed by atoms with Crippen molar-refractivity contribution < 1.29 is 4.74 Å². The van der Waals surface area contributed by atoms with Crippen molar-refractivity contribution in [1.82, 2.24) is 15.4 Å². The van der Waals surface area contributed by atoms with Crippen LogP contribution in [0.3, 0.4) is 0 Å². The molecule has 3 N–H and O–H groups in total. The first kappa shape index (κ1) is 13.4. The highest BCUT2D eigenvalue weighted by atomic mass is 16.5. The summed E-state index contributed by atoms with van der Waals surface area (Å²) in [5, 5.41) is 0. The van der Waals surface area contributed by atoms with Gasteiger partial charge in [0.15, 0.2) is 0 Å². The van der Waals surface area contributed by atoms with Gasteiger partial charge < -0.3 is 4.74 Å². The molecular formula is C13H22N4O. The Labute approximate surface area is 108 Å². The van der Waals surface area contributed by atoms with E-state index in [0.717, 1.165) is 12.1 Å². The zero-order chi connectivity index (χ0) is 13.4. The Morgan fingerprint density at radius 2 is 2.11 bits per heavy atom. The molecule has 2 rings (SSSR count). The van der Waals surface area contributed by atoms with E-state index in [1.807, 2.05) is 0 Å². The molecule has 1 fully saturated rings. The van der Waals surface area contributed by atoms with E-state index >= 15 is 0 Å². The van der Waals surface area contributed by atoms with Crippen molar-refractivity contribution in [2.45, 2.75) is 51.4 Å². The highest BCUT2D eigenvalue weighted by molar-refractivity contribution is 5.10. The van der Waals surface area contributed by atoms with E-state index < -0.39 is 0 Å². The summed E-state index contributed by atoms with van der Waals surface area (Å²) in [6.45, 7) is 8.43. The van der Waals surface area contributed by atoms with Crippen LogP contribution in [0.4, 0.5) is 0 Å². The van der Waals surface area contributed by atoms with E-state index in [-0.39, 0.29) is 23.2 Å². The molecule has 1 aromatic heterocycles. The smallest absolute Gasteiger partial charge is 0.0773 e. The molecule has 5 nitrogen and oxygen atoms in total. The lowest BCUT2D eigenvalue weighted by atomic mass is 9.80. The van der Waals surface area contributed by atoms with Crippen LogP contribution in [-0.4, -0.2) is 21.2 Å². The monoisotopic (exact) mass is 250 g/mol. The highest BCUT2D eigenvalue weighted by Gasteiger charge is 2.49. The molecule has 0 aromatic carbocycles. The largest absolute Gasteiger partial charge is 0.369 e. The van der Waals surface area contributed by atoms with Gasteiger partial charge in [-0.3, -0.25) is 21.2 Å². The normalized spacial score (nSPS) is 27.1. The van der Waals surface area contributed by atoms with Gasteiger partial charge in [0.1, 0.15) is 0 Å². The number of hydrogen-bond acceptors (Lipinski definition) is 5. The Morgan fingerprint density at radius 3 is 2.56 bits per heavy atom. The molecule has 0 spiro atoms. The van der Waals surface area contributed by atoms with Crippen molar-refractivity contribution in [3.05, 3.63) is 24.3 Å². The number of nitrogens with two attached hydrogens (primary N) is 1. The first-order chi connectivity index (χ1) is 8.36. The minimum Gasteiger partial charge on any atom is -0.369 e. The quantitative estimate of drug-likeness (QED) is 0.629. The molecule has 100 valence electrons. The van der Waals surface area contributed by atoms with Crippen LogP contribution in [0, 0.1) is 5.92 Å². The van der Waals surface area contributed by atoms with Crippen molar-refractivity contribution in [3.63, 3.8) is 0 Å². The number of aromatic nitrogens is 2. The number of rotatable bonds is 3.